The van der Waals surface area contributed by atoms with Crippen molar-refractivity contribution in [2.75, 3.05) is 23.7 Å². The molecule has 0 unspecified atom stereocenters. The van der Waals surface area contributed by atoms with Crippen LogP contribution in [0.3, 0.4) is 0 Å². The highest BCUT2D eigenvalue weighted by atomic mass is 32.1. The molecule has 6 rings (SSSR count). The smallest absolute Gasteiger partial charge is 0.260 e. The van der Waals surface area contributed by atoms with Crippen molar-refractivity contribution in [2.24, 2.45) is 0 Å². The quantitative estimate of drug-likeness (QED) is 0.254. The van der Waals surface area contributed by atoms with E-state index in [1.807, 2.05) is 18.2 Å². The molecule has 1 saturated heterocycles. The maximum absolute atomic E-state index is 14.1. The Balaban J connectivity index is 1.25. The van der Waals surface area contributed by atoms with Crippen LogP contribution in [0.1, 0.15) is 49.8 Å². The minimum absolute atomic E-state index is 0.0833. The summed E-state index contributed by atoms with van der Waals surface area (Å²) in [5.74, 6) is -1.73. The zero-order chi connectivity index (χ0) is 28.4. The van der Waals surface area contributed by atoms with Crippen LogP contribution in [0, 0.1) is 11.3 Å². The Hall–Kier alpha value is -3.79. The number of aromatic nitrogens is 4. The van der Waals surface area contributed by atoms with Crippen molar-refractivity contribution < 1.29 is 13.9 Å². The lowest BCUT2D eigenvalue weighted by Gasteiger charge is -2.32. The molecule has 0 spiro atoms. The Morgan fingerprint density at radius 3 is 2.73 bits per heavy atom. The van der Waals surface area contributed by atoms with Crippen molar-refractivity contribution in [2.45, 2.75) is 63.1 Å². The van der Waals surface area contributed by atoms with Crippen LogP contribution >= 0.6 is 11.3 Å². The third-order valence-corrected chi connectivity index (χ3v) is 8.42. The van der Waals surface area contributed by atoms with Gasteiger partial charge in [0.15, 0.2) is 5.13 Å². The van der Waals surface area contributed by atoms with Gasteiger partial charge in [-0.2, -0.15) is 10.2 Å². The highest BCUT2D eigenvalue weighted by Crippen LogP contribution is 2.33. The summed E-state index contributed by atoms with van der Waals surface area (Å²) in [5.41, 5.74) is 3.74. The summed E-state index contributed by atoms with van der Waals surface area (Å²) >= 11 is 1.47. The maximum Gasteiger partial charge on any atom is 0.260 e. The number of nitriles is 1. The van der Waals surface area contributed by atoms with Crippen molar-refractivity contribution in [1.82, 2.24) is 24.8 Å². The Bertz CT molecular complexity index is 1580. The van der Waals surface area contributed by atoms with E-state index in [1.165, 1.54) is 17.5 Å². The molecule has 212 valence electrons. The molecule has 4 heterocycles. The van der Waals surface area contributed by atoms with Crippen molar-refractivity contribution >= 4 is 38.5 Å². The molecule has 12 heteroatoms. The number of rotatable bonds is 7. The molecule has 3 N–H and O–H groups in total. The number of alkyl halides is 2. The fourth-order valence-electron chi connectivity index (χ4n) is 5.45. The molecule has 0 atom stereocenters. The van der Waals surface area contributed by atoms with Crippen molar-refractivity contribution in [3.8, 4) is 17.2 Å². The molecular formula is C29H30F2N8OS. The van der Waals surface area contributed by atoms with E-state index in [0.717, 1.165) is 47.0 Å². The van der Waals surface area contributed by atoms with E-state index >= 15 is 0 Å². The second-order valence-electron chi connectivity index (χ2n) is 10.8. The molecule has 1 saturated carbocycles. The van der Waals surface area contributed by atoms with Gasteiger partial charge in [0, 0.05) is 43.0 Å². The van der Waals surface area contributed by atoms with E-state index in [1.54, 1.807) is 23.2 Å². The molecule has 0 radical (unpaired) electrons. The number of nitrogens with zero attached hydrogens (tertiary/aromatic N) is 6. The highest BCUT2D eigenvalue weighted by molar-refractivity contribution is 7.22. The van der Waals surface area contributed by atoms with Gasteiger partial charge in [0.2, 0.25) is 5.95 Å². The van der Waals surface area contributed by atoms with Crippen molar-refractivity contribution in [3.63, 3.8) is 0 Å². The zero-order valence-electron chi connectivity index (χ0n) is 22.4. The lowest BCUT2D eigenvalue weighted by molar-refractivity contribution is -0.0663. The van der Waals surface area contributed by atoms with Gasteiger partial charge in [0.05, 0.1) is 34.1 Å². The monoisotopic (exact) mass is 576 g/mol. The van der Waals surface area contributed by atoms with Gasteiger partial charge in [-0.15, -0.1) is 0 Å². The zero-order valence-corrected chi connectivity index (χ0v) is 23.2. The Morgan fingerprint density at radius 1 is 1.07 bits per heavy atom. The predicted octanol–water partition coefficient (Wildman–Crippen LogP) is 5.71. The first-order valence-corrected chi connectivity index (χ1v) is 14.6. The number of hydrogen-bond acceptors (Lipinski definition) is 10. The normalized spacial score (nSPS) is 20.9. The summed E-state index contributed by atoms with van der Waals surface area (Å²) in [5, 5.41) is 26.4. The van der Waals surface area contributed by atoms with Crippen LogP contribution in [0.25, 0.3) is 21.3 Å². The van der Waals surface area contributed by atoms with Gasteiger partial charge in [-0.25, -0.2) is 18.7 Å². The van der Waals surface area contributed by atoms with E-state index in [4.69, 9.17) is 4.98 Å². The molecule has 0 bridgehead atoms. The molecule has 41 heavy (non-hydrogen) atoms. The molecule has 1 aliphatic heterocycles. The molecule has 4 aromatic rings. The molecule has 2 aliphatic rings. The minimum Gasteiger partial charge on any atom is -0.393 e. The first-order chi connectivity index (χ1) is 19.8. The lowest BCUT2D eigenvalue weighted by Crippen LogP contribution is -2.42. The van der Waals surface area contributed by atoms with Crippen LogP contribution in [-0.4, -0.2) is 61.1 Å². The number of piperidine rings is 1. The van der Waals surface area contributed by atoms with Crippen LogP contribution in [0.2, 0.25) is 0 Å². The summed E-state index contributed by atoms with van der Waals surface area (Å²) < 4.78 is 29.1. The van der Waals surface area contributed by atoms with Gasteiger partial charge in [-0.1, -0.05) is 17.4 Å². The molecule has 0 amide bonds. The standard InChI is InChI=1S/C29H30F2N8OS/c30-29(31)8-1-9-39(17-29)16-22-12-26(37-27(35-22)34-21-3-5-23(40)6-4-21)38-28-36-24-7-2-19(11-25(24)41-28)20-10-18(13-32)14-33-15-20/h2,7,10-12,14-15,21,23,40H,1,3-6,8-9,16-17H2,(H2,34,35,36,37,38)/t21-,23-. The number of fused-ring (bicyclic) bond motifs is 1. The minimum atomic E-state index is -2.69. The van der Waals surface area contributed by atoms with Gasteiger partial charge < -0.3 is 15.7 Å². The summed E-state index contributed by atoms with van der Waals surface area (Å²) in [7, 11) is 0. The van der Waals surface area contributed by atoms with Crippen LogP contribution in [0.4, 0.5) is 25.7 Å². The second-order valence-corrected chi connectivity index (χ2v) is 11.8. The van der Waals surface area contributed by atoms with Crippen LogP contribution in [0.15, 0.2) is 42.7 Å². The molecule has 2 fully saturated rings. The average Bonchev–Trinajstić information content (AvgIpc) is 3.35. The van der Waals surface area contributed by atoms with Gasteiger partial charge in [0.25, 0.3) is 5.92 Å². The van der Waals surface area contributed by atoms with E-state index in [0.29, 0.717) is 47.7 Å². The number of thiazole rings is 1. The third kappa shape index (κ3) is 6.75. The number of anilines is 3. The predicted molar refractivity (Wildman–Crippen MR) is 154 cm³/mol. The fraction of sp³-hybridized carbons (Fsp3) is 0.414. The highest BCUT2D eigenvalue weighted by Gasteiger charge is 2.35. The average molecular weight is 577 g/mol. The fourth-order valence-corrected chi connectivity index (χ4v) is 6.36. The first-order valence-electron chi connectivity index (χ1n) is 13.8. The van der Waals surface area contributed by atoms with Crippen LogP contribution in [-0.2, 0) is 6.54 Å². The van der Waals surface area contributed by atoms with E-state index in [2.05, 4.69) is 31.7 Å². The number of aliphatic hydroxyl groups is 1. The van der Waals surface area contributed by atoms with Crippen LogP contribution in [0.5, 0.6) is 0 Å². The van der Waals surface area contributed by atoms with Gasteiger partial charge in [0.1, 0.15) is 11.9 Å². The summed E-state index contributed by atoms with van der Waals surface area (Å²) in [6.07, 6.45) is 6.40. The number of hydrogen-bond donors (Lipinski definition) is 3. The lowest BCUT2D eigenvalue weighted by atomic mass is 9.93. The molecular weight excluding hydrogens is 546 g/mol. The Kier molecular flexibility index (Phi) is 7.75. The maximum atomic E-state index is 14.1. The second kappa shape index (κ2) is 11.6. The molecule has 3 aromatic heterocycles. The number of benzene rings is 1. The van der Waals surface area contributed by atoms with Gasteiger partial charge >= 0.3 is 0 Å². The van der Waals surface area contributed by atoms with Crippen molar-refractivity contribution in [3.05, 3.63) is 54.0 Å². The number of halogens is 2. The largest absolute Gasteiger partial charge is 0.393 e. The SMILES string of the molecule is N#Cc1cncc(-c2ccc3nc(Nc4cc(CN5CCCC(F)(F)C5)nc(N[C@H]5CC[C@H](O)CC5)n4)sc3c2)c1. The number of nitrogens with one attached hydrogen (secondary N) is 2. The number of aliphatic hydroxyl groups excluding tert-OH is 1. The Labute approximate surface area is 240 Å². The summed E-state index contributed by atoms with van der Waals surface area (Å²) in [4.78, 5) is 20.0. The van der Waals surface area contributed by atoms with E-state index < -0.39 is 5.92 Å². The number of pyridine rings is 1. The molecule has 1 aromatic carbocycles. The molecule has 1 aliphatic carbocycles. The van der Waals surface area contributed by atoms with E-state index in [-0.39, 0.29) is 25.1 Å². The first kappa shape index (κ1) is 27.4. The Morgan fingerprint density at radius 2 is 1.93 bits per heavy atom. The van der Waals surface area contributed by atoms with Crippen molar-refractivity contribution in [1.29, 1.82) is 5.26 Å². The third-order valence-electron chi connectivity index (χ3n) is 7.49. The summed E-state index contributed by atoms with van der Waals surface area (Å²) in [6, 6.07) is 11.7. The van der Waals surface area contributed by atoms with Gasteiger partial charge in [-0.05, 0) is 62.4 Å². The summed E-state index contributed by atoms with van der Waals surface area (Å²) in [6.45, 7) is 0.610. The van der Waals surface area contributed by atoms with E-state index in [9.17, 15) is 19.1 Å². The van der Waals surface area contributed by atoms with Gasteiger partial charge in [-0.3, -0.25) is 9.88 Å². The number of likely N-dealkylation sites (tertiary alicyclic amines) is 1. The topological polar surface area (TPSA) is 123 Å². The molecule has 9 nitrogen and oxygen atoms in total. The van der Waals surface area contributed by atoms with Crippen LogP contribution < -0.4 is 10.6 Å².